The molecule has 0 saturated heterocycles. The fourth-order valence-electron chi connectivity index (χ4n) is 3.54. The number of amidine groups is 1. The van der Waals surface area contributed by atoms with Gasteiger partial charge in [0.05, 0.1) is 19.1 Å². The highest BCUT2D eigenvalue weighted by molar-refractivity contribution is 5.82. The standard InChI is InChI=1S/C23H29N5O2/c1-29-21-14-13-18(15-22(21)30-20-9-5-6-10-20)19(16-23(27-24)28(25)26)12-11-17-7-3-2-4-8-17/h2-4,7-8,13-15,19-20H,5-6,9-10,16,24-26H2,1H3/b27-23-. The van der Waals surface area contributed by atoms with Crippen LogP contribution < -0.4 is 27.0 Å². The summed E-state index contributed by atoms with van der Waals surface area (Å²) in [6.45, 7) is 0. The predicted molar refractivity (Wildman–Crippen MR) is 118 cm³/mol. The van der Waals surface area contributed by atoms with E-state index in [1.54, 1.807) is 7.11 Å². The molecule has 0 heterocycles. The molecule has 7 nitrogen and oxygen atoms in total. The average molecular weight is 408 g/mol. The molecule has 1 atom stereocenters. The molecule has 3 rings (SSSR count). The van der Waals surface area contributed by atoms with Gasteiger partial charge in [-0.05, 0) is 55.5 Å². The summed E-state index contributed by atoms with van der Waals surface area (Å²) in [5, 5.41) is 4.64. The normalized spacial score (nSPS) is 15.2. The van der Waals surface area contributed by atoms with Gasteiger partial charge in [-0.15, -0.1) is 0 Å². The van der Waals surface area contributed by atoms with Gasteiger partial charge in [-0.25, -0.2) is 16.8 Å². The maximum absolute atomic E-state index is 6.24. The van der Waals surface area contributed by atoms with E-state index in [2.05, 4.69) is 16.9 Å². The van der Waals surface area contributed by atoms with Crippen molar-refractivity contribution < 1.29 is 9.47 Å². The fourth-order valence-corrected chi connectivity index (χ4v) is 3.54. The lowest BCUT2D eigenvalue weighted by molar-refractivity contribution is 0.200. The Labute approximate surface area is 177 Å². The third-order valence-electron chi connectivity index (χ3n) is 5.18. The minimum absolute atomic E-state index is 0.216. The molecule has 0 spiro atoms. The fraction of sp³-hybridized carbons (Fsp3) is 0.348. The van der Waals surface area contributed by atoms with Crippen LogP contribution in [0.5, 0.6) is 11.5 Å². The first-order valence-corrected chi connectivity index (χ1v) is 10.1. The summed E-state index contributed by atoms with van der Waals surface area (Å²) in [6, 6.07) is 15.6. The zero-order chi connectivity index (χ0) is 21.3. The zero-order valence-electron chi connectivity index (χ0n) is 17.3. The lowest BCUT2D eigenvalue weighted by Gasteiger charge is -2.20. The molecule has 0 amide bonds. The van der Waals surface area contributed by atoms with E-state index in [-0.39, 0.29) is 12.0 Å². The van der Waals surface area contributed by atoms with Crippen molar-refractivity contribution >= 4 is 5.84 Å². The van der Waals surface area contributed by atoms with Crippen molar-refractivity contribution in [1.82, 2.24) is 5.12 Å². The van der Waals surface area contributed by atoms with Gasteiger partial charge in [-0.2, -0.15) is 5.10 Å². The van der Waals surface area contributed by atoms with Crippen molar-refractivity contribution in [1.29, 1.82) is 0 Å². The molecule has 0 radical (unpaired) electrons. The minimum atomic E-state index is -0.237. The van der Waals surface area contributed by atoms with Crippen molar-refractivity contribution in [3.63, 3.8) is 0 Å². The third-order valence-corrected chi connectivity index (χ3v) is 5.18. The van der Waals surface area contributed by atoms with Crippen LogP contribution in [-0.2, 0) is 0 Å². The molecule has 0 aliphatic heterocycles. The summed E-state index contributed by atoms with van der Waals surface area (Å²) in [7, 11) is 1.64. The summed E-state index contributed by atoms with van der Waals surface area (Å²) in [5.74, 6) is 24.9. The van der Waals surface area contributed by atoms with Crippen molar-refractivity contribution in [3.8, 4) is 23.3 Å². The van der Waals surface area contributed by atoms with Gasteiger partial charge in [-0.1, -0.05) is 36.1 Å². The van der Waals surface area contributed by atoms with Crippen LogP contribution in [0, 0.1) is 11.8 Å². The van der Waals surface area contributed by atoms with Crippen molar-refractivity contribution in [3.05, 3.63) is 59.7 Å². The molecule has 1 saturated carbocycles. The molecule has 1 aliphatic carbocycles. The maximum atomic E-state index is 6.24. The van der Waals surface area contributed by atoms with Crippen LogP contribution in [0.15, 0.2) is 53.6 Å². The van der Waals surface area contributed by atoms with E-state index in [4.69, 9.17) is 27.0 Å². The van der Waals surface area contributed by atoms with Crippen LogP contribution in [0.3, 0.4) is 0 Å². The highest BCUT2D eigenvalue weighted by atomic mass is 16.5. The van der Waals surface area contributed by atoms with Crippen LogP contribution in [0.2, 0.25) is 0 Å². The number of nitrogens with zero attached hydrogens (tertiary/aromatic N) is 2. The maximum Gasteiger partial charge on any atom is 0.161 e. The topological polar surface area (TPSA) is 112 Å². The van der Waals surface area contributed by atoms with Crippen LogP contribution in [0.4, 0.5) is 0 Å². The second kappa shape index (κ2) is 10.5. The Hall–Kier alpha value is -3.21. The summed E-state index contributed by atoms with van der Waals surface area (Å²) in [5.41, 5.74) is 1.87. The molecule has 2 aromatic carbocycles. The molecular formula is C23H29N5O2. The van der Waals surface area contributed by atoms with Gasteiger partial charge in [0.15, 0.2) is 17.3 Å². The number of hydrazone groups is 1. The van der Waals surface area contributed by atoms with Crippen molar-refractivity contribution in [2.45, 2.75) is 44.1 Å². The Morgan fingerprint density at radius 2 is 1.87 bits per heavy atom. The molecule has 6 N–H and O–H groups in total. The van der Waals surface area contributed by atoms with Gasteiger partial charge in [0.1, 0.15) is 0 Å². The Morgan fingerprint density at radius 1 is 1.13 bits per heavy atom. The molecular weight excluding hydrogens is 378 g/mol. The molecule has 7 heteroatoms. The number of hydrogen-bond acceptors (Lipinski definition) is 6. The largest absolute Gasteiger partial charge is 0.493 e. The quantitative estimate of drug-likeness (QED) is 0.223. The monoisotopic (exact) mass is 407 g/mol. The number of benzene rings is 2. The average Bonchev–Trinajstić information content (AvgIpc) is 3.27. The molecule has 1 aliphatic rings. The molecule has 0 bridgehead atoms. The van der Waals surface area contributed by atoms with Gasteiger partial charge < -0.3 is 15.3 Å². The number of hydrazine groups is 2. The van der Waals surface area contributed by atoms with E-state index < -0.39 is 0 Å². The van der Waals surface area contributed by atoms with E-state index in [1.807, 2.05) is 48.5 Å². The molecule has 1 unspecified atom stereocenters. The van der Waals surface area contributed by atoms with Crippen LogP contribution >= 0.6 is 0 Å². The third kappa shape index (κ3) is 5.66. The van der Waals surface area contributed by atoms with E-state index in [0.717, 1.165) is 34.8 Å². The van der Waals surface area contributed by atoms with E-state index in [9.17, 15) is 0 Å². The number of hydrogen-bond donors (Lipinski definition) is 3. The van der Waals surface area contributed by atoms with Crippen molar-refractivity contribution in [2.75, 3.05) is 7.11 Å². The van der Waals surface area contributed by atoms with Crippen molar-refractivity contribution in [2.24, 2.45) is 22.6 Å². The first-order chi connectivity index (χ1) is 14.6. The number of nitrogens with two attached hydrogens (primary N) is 3. The first-order valence-electron chi connectivity index (χ1n) is 10.1. The van der Waals surface area contributed by atoms with E-state index in [0.29, 0.717) is 18.0 Å². The Morgan fingerprint density at radius 3 is 2.50 bits per heavy atom. The zero-order valence-corrected chi connectivity index (χ0v) is 17.3. The summed E-state index contributed by atoms with van der Waals surface area (Å²) < 4.78 is 11.7. The van der Waals surface area contributed by atoms with Crippen LogP contribution in [0.25, 0.3) is 0 Å². The number of methoxy groups -OCH3 is 1. The van der Waals surface area contributed by atoms with Gasteiger partial charge in [0, 0.05) is 12.0 Å². The van der Waals surface area contributed by atoms with E-state index >= 15 is 0 Å². The summed E-state index contributed by atoms with van der Waals surface area (Å²) in [4.78, 5) is 0. The Balaban J connectivity index is 1.94. The molecule has 2 aromatic rings. The lowest BCUT2D eigenvalue weighted by atomic mass is 9.94. The lowest BCUT2D eigenvalue weighted by Crippen LogP contribution is -2.44. The Kier molecular flexibility index (Phi) is 7.55. The van der Waals surface area contributed by atoms with Gasteiger partial charge in [-0.3, -0.25) is 0 Å². The predicted octanol–water partition coefficient (Wildman–Crippen LogP) is 2.86. The highest BCUT2D eigenvalue weighted by Crippen LogP contribution is 2.35. The van der Waals surface area contributed by atoms with Crippen LogP contribution in [-0.4, -0.2) is 24.2 Å². The van der Waals surface area contributed by atoms with Crippen LogP contribution in [0.1, 0.15) is 49.1 Å². The minimum Gasteiger partial charge on any atom is -0.493 e. The highest BCUT2D eigenvalue weighted by Gasteiger charge is 2.21. The smallest absolute Gasteiger partial charge is 0.161 e. The second-order valence-corrected chi connectivity index (χ2v) is 7.28. The number of ether oxygens (including phenoxy) is 2. The SMILES string of the molecule is COc1ccc(C(C#Cc2ccccc2)C/C(=N/N)N(N)N)cc1OC1CCCC1. The molecule has 0 aromatic heterocycles. The summed E-state index contributed by atoms with van der Waals surface area (Å²) in [6.07, 6.45) is 5.08. The second-order valence-electron chi connectivity index (χ2n) is 7.28. The number of rotatable bonds is 6. The van der Waals surface area contributed by atoms with Gasteiger partial charge in [0.25, 0.3) is 0 Å². The van der Waals surface area contributed by atoms with Gasteiger partial charge >= 0.3 is 0 Å². The molecule has 1 fully saturated rings. The first kappa shape index (κ1) is 21.5. The van der Waals surface area contributed by atoms with Gasteiger partial charge in [0.2, 0.25) is 0 Å². The van der Waals surface area contributed by atoms with E-state index in [1.165, 1.54) is 12.8 Å². The molecule has 158 valence electrons. The molecule has 30 heavy (non-hydrogen) atoms. The Bertz CT molecular complexity index is 912. The summed E-state index contributed by atoms with van der Waals surface area (Å²) >= 11 is 0.